The Morgan fingerprint density at radius 1 is 1.25 bits per heavy atom. The minimum absolute atomic E-state index is 0.219. The van der Waals surface area contributed by atoms with Gasteiger partial charge in [0.25, 0.3) is 0 Å². The van der Waals surface area contributed by atoms with Gasteiger partial charge in [0, 0.05) is 6.54 Å². The average molecular weight is 421 g/mol. The van der Waals surface area contributed by atoms with Gasteiger partial charge in [-0.15, -0.1) is 11.8 Å². The topological polar surface area (TPSA) is 122 Å². The zero-order valence-electron chi connectivity index (χ0n) is 17.2. The van der Waals surface area contributed by atoms with Crippen molar-refractivity contribution in [1.29, 1.82) is 0 Å². The van der Waals surface area contributed by atoms with Gasteiger partial charge in [0.2, 0.25) is 5.91 Å². The molecule has 0 aliphatic carbocycles. The Balaban J connectivity index is 2.10. The number of ether oxygens (including phenoxy) is 1. The van der Waals surface area contributed by atoms with Crippen LogP contribution in [0.1, 0.15) is 40.0 Å². The van der Waals surface area contributed by atoms with Crippen LogP contribution in [0, 0.1) is 5.92 Å². The van der Waals surface area contributed by atoms with E-state index in [2.05, 4.69) is 12.2 Å². The smallest absolute Gasteiger partial charge is 0.237 e. The van der Waals surface area contributed by atoms with Crippen LogP contribution in [-0.2, 0) is 9.53 Å². The SMILES string of the molecule is CCCC1CC(C(=O)NC(C(C)O)C2OC(SCC)C(O)C(O)C2O)N(C)C1. The van der Waals surface area contributed by atoms with Crippen LogP contribution in [0.3, 0.4) is 0 Å². The van der Waals surface area contributed by atoms with Gasteiger partial charge in [0.15, 0.2) is 0 Å². The average Bonchev–Trinajstić information content (AvgIpc) is 3.01. The number of carbonyl (C=O) groups is 1. The number of amides is 1. The molecule has 2 saturated heterocycles. The van der Waals surface area contributed by atoms with Crippen molar-refractivity contribution < 1.29 is 30.0 Å². The minimum atomic E-state index is -1.42. The molecule has 2 rings (SSSR count). The lowest BCUT2D eigenvalue weighted by Crippen LogP contribution is -2.65. The zero-order chi connectivity index (χ0) is 21.0. The van der Waals surface area contributed by atoms with E-state index in [1.54, 1.807) is 0 Å². The van der Waals surface area contributed by atoms with Gasteiger partial charge in [-0.25, -0.2) is 0 Å². The van der Waals surface area contributed by atoms with Gasteiger partial charge < -0.3 is 30.5 Å². The van der Waals surface area contributed by atoms with E-state index < -0.39 is 42.0 Å². The molecule has 0 spiro atoms. The second-order valence-electron chi connectivity index (χ2n) is 8.02. The molecule has 0 radical (unpaired) electrons. The molecule has 2 aliphatic heterocycles. The molecule has 0 aromatic rings. The summed E-state index contributed by atoms with van der Waals surface area (Å²) in [6, 6.07) is -1.20. The van der Waals surface area contributed by atoms with Crippen LogP contribution in [0.15, 0.2) is 0 Å². The largest absolute Gasteiger partial charge is 0.391 e. The molecule has 28 heavy (non-hydrogen) atoms. The third kappa shape index (κ3) is 5.38. The summed E-state index contributed by atoms with van der Waals surface area (Å²) in [5.74, 6) is 0.895. The lowest BCUT2D eigenvalue weighted by atomic mass is 9.92. The first-order chi connectivity index (χ1) is 13.2. The van der Waals surface area contributed by atoms with Gasteiger partial charge in [-0.3, -0.25) is 9.69 Å². The molecule has 9 heteroatoms. The van der Waals surface area contributed by atoms with Crippen molar-refractivity contribution in [3.05, 3.63) is 0 Å². The summed E-state index contributed by atoms with van der Waals surface area (Å²) in [6.07, 6.45) is -3.20. The number of hydrogen-bond donors (Lipinski definition) is 5. The molecule has 0 bridgehead atoms. The van der Waals surface area contributed by atoms with E-state index in [4.69, 9.17) is 4.74 Å². The van der Waals surface area contributed by atoms with Crippen molar-refractivity contribution in [2.24, 2.45) is 5.92 Å². The quantitative estimate of drug-likeness (QED) is 0.357. The van der Waals surface area contributed by atoms with E-state index in [1.807, 2.05) is 18.9 Å². The molecule has 2 fully saturated rings. The van der Waals surface area contributed by atoms with E-state index >= 15 is 0 Å². The first kappa shape index (κ1) is 23.9. The number of nitrogens with zero attached hydrogens (tertiary/aromatic N) is 1. The van der Waals surface area contributed by atoms with Crippen LogP contribution in [-0.4, -0.2) is 98.6 Å². The van der Waals surface area contributed by atoms with Crippen molar-refractivity contribution in [3.8, 4) is 0 Å². The third-order valence-electron chi connectivity index (χ3n) is 5.75. The van der Waals surface area contributed by atoms with Gasteiger partial charge in [-0.2, -0.15) is 0 Å². The fourth-order valence-corrected chi connectivity index (χ4v) is 5.13. The molecule has 164 valence electrons. The fourth-order valence-electron chi connectivity index (χ4n) is 4.24. The molecule has 5 N–H and O–H groups in total. The van der Waals surface area contributed by atoms with E-state index in [1.165, 1.54) is 18.7 Å². The highest BCUT2D eigenvalue weighted by molar-refractivity contribution is 7.99. The second kappa shape index (κ2) is 10.6. The number of carbonyl (C=O) groups excluding carboxylic acids is 1. The van der Waals surface area contributed by atoms with Crippen LogP contribution >= 0.6 is 11.8 Å². The summed E-state index contributed by atoms with van der Waals surface area (Å²) in [5.41, 5.74) is -0.741. The van der Waals surface area contributed by atoms with Crippen LogP contribution in [0.5, 0.6) is 0 Å². The summed E-state index contributed by atoms with van der Waals surface area (Å²) >= 11 is 1.30. The molecule has 2 heterocycles. The van der Waals surface area contributed by atoms with Crippen LogP contribution in [0.4, 0.5) is 0 Å². The van der Waals surface area contributed by atoms with Gasteiger partial charge in [-0.1, -0.05) is 20.3 Å². The zero-order valence-corrected chi connectivity index (χ0v) is 18.0. The Morgan fingerprint density at radius 2 is 1.93 bits per heavy atom. The number of aliphatic hydroxyl groups excluding tert-OH is 4. The number of aliphatic hydroxyl groups is 4. The normalized spacial score (nSPS) is 38.9. The Kier molecular flexibility index (Phi) is 9.00. The first-order valence-corrected chi connectivity index (χ1v) is 11.3. The lowest BCUT2D eigenvalue weighted by molar-refractivity contribution is -0.211. The van der Waals surface area contributed by atoms with Crippen molar-refractivity contribution >= 4 is 17.7 Å². The monoisotopic (exact) mass is 420 g/mol. The predicted octanol–water partition coefficient (Wildman–Crippen LogP) is -0.467. The Hall–Kier alpha value is -0.420. The number of nitrogens with one attached hydrogen (secondary N) is 1. The van der Waals surface area contributed by atoms with E-state index in [0.29, 0.717) is 11.7 Å². The highest BCUT2D eigenvalue weighted by Crippen LogP contribution is 2.31. The molecular formula is C19H36N2O6S. The number of likely N-dealkylation sites (tertiary alicyclic amines) is 1. The Morgan fingerprint density at radius 3 is 2.50 bits per heavy atom. The van der Waals surface area contributed by atoms with E-state index in [-0.39, 0.29) is 11.9 Å². The molecule has 0 aromatic heterocycles. The Bertz CT molecular complexity index is 511. The summed E-state index contributed by atoms with van der Waals surface area (Å²) in [5, 5.41) is 43.9. The molecule has 9 atom stereocenters. The lowest BCUT2D eigenvalue weighted by Gasteiger charge is -2.44. The maximum Gasteiger partial charge on any atom is 0.237 e. The third-order valence-corrected chi connectivity index (χ3v) is 6.81. The molecule has 9 unspecified atom stereocenters. The highest BCUT2D eigenvalue weighted by atomic mass is 32.2. The highest BCUT2D eigenvalue weighted by Gasteiger charge is 2.48. The van der Waals surface area contributed by atoms with Gasteiger partial charge in [0.1, 0.15) is 29.9 Å². The van der Waals surface area contributed by atoms with Crippen molar-refractivity contribution in [2.75, 3.05) is 19.3 Å². The number of hydrogen-bond acceptors (Lipinski definition) is 8. The molecule has 0 aromatic carbocycles. The van der Waals surface area contributed by atoms with Gasteiger partial charge >= 0.3 is 0 Å². The van der Waals surface area contributed by atoms with Crippen molar-refractivity contribution in [3.63, 3.8) is 0 Å². The van der Waals surface area contributed by atoms with E-state index in [9.17, 15) is 25.2 Å². The first-order valence-electron chi connectivity index (χ1n) is 10.2. The summed E-state index contributed by atoms with van der Waals surface area (Å²) in [4.78, 5) is 14.9. The van der Waals surface area contributed by atoms with Crippen molar-refractivity contribution in [2.45, 2.75) is 88.1 Å². The molecular weight excluding hydrogens is 384 g/mol. The summed E-state index contributed by atoms with van der Waals surface area (Å²) < 4.78 is 5.81. The molecule has 2 aliphatic rings. The molecule has 0 saturated carbocycles. The van der Waals surface area contributed by atoms with E-state index in [0.717, 1.165) is 25.8 Å². The van der Waals surface area contributed by atoms with Crippen molar-refractivity contribution in [1.82, 2.24) is 10.2 Å². The maximum atomic E-state index is 12.9. The number of thioether (sulfide) groups is 1. The summed E-state index contributed by atoms with van der Waals surface area (Å²) in [7, 11) is 1.91. The van der Waals surface area contributed by atoms with Crippen LogP contribution < -0.4 is 5.32 Å². The molecule has 1 amide bonds. The number of rotatable bonds is 8. The maximum absolute atomic E-state index is 12.9. The molecule has 8 nitrogen and oxygen atoms in total. The van der Waals surface area contributed by atoms with Gasteiger partial charge in [-0.05, 0) is 38.5 Å². The second-order valence-corrected chi connectivity index (χ2v) is 9.39. The fraction of sp³-hybridized carbons (Fsp3) is 0.947. The number of likely N-dealkylation sites (N-methyl/N-ethyl adjacent to an activating group) is 1. The summed E-state index contributed by atoms with van der Waals surface area (Å²) in [6.45, 7) is 6.39. The standard InChI is InChI=1S/C19H36N2O6S/c1-5-7-11-8-12(21(4)9-11)18(26)20-13(10(3)22)17-15(24)14(23)16(25)19(27-17)28-6-2/h10-17,19,22-25H,5-9H2,1-4H3,(H,20,26). The predicted molar refractivity (Wildman–Crippen MR) is 108 cm³/mol. The minimum Gasteiger partial charge on any atom is -0.391 e. The van der Waals surface area contributed by atoms with Crippen LogP contribution in [0.2, 0.25) is 0 Å². The Labute approximate surface area is 171 Å². The van der Waals surface area contributed by atoms with Crippen LogP contribution in [0.25, 0.3) is 0 Å². The van der Waals surface area contributed by atoms with Gasteiger partial charge in [0.05, 0.1) is 18.2 Å².